The molecule has 0 bridgehead atoms. The number of aromatic nitrogens is 3. The van der Waals surface area contributed by atoms with E-state index in [-0.39, 0.29) is 5.91 Å². The number of imidazole rings is 1. The lowest BCUT2D eigenvalue weighted by molar-refractivity contribution is -0.131. The van der Waals surface area contributed by atoms with Gasteiger partial charge in [-0.15, -0.1) is 0 Å². The first kappa shape index (κ1) is 16.8. The zero-order valence-electron chi connectivity index (χ0n) is 15.1. The van der Waals surface area contributed by atoms with E-state index in [1.807, 2.05) is 53.0 Å². The zero-order chi connectivity index (χ0) is 17.9. The average Bonchev–Trinajstić information content (AvgIpc) is 2.98. The third kappa shape index (κ3) is 3.47. The molecule has 5 heteroatoms. The summed E-state index contributed by atoms with van der Waals surface area (Å²) in [5, 5.41) is 0. The highest BCUT2D eigenvalue weighted by Crippen LogP contribution is 2.22. The summed E-state index contributed by atoms with van der Waals surface area (Å²) in [5.41, 5.74) is 4.19. The molecule has 0 spiro atoms. The second kappa shape index (κ2) is 7.28. The van der Waals surface area contributed by atoms with Gasteiger partial charge in [-0.2, -0.15) is 0 Å². The highest BCUT2D eigenvalue weighted by atomic mass is 16.2. The van der Waals surface area contributed by atoms with Crippen molar-refractivity contribution in [1.29, 1.82) is 0 Å². The van der Waals surface area contributed by atoms with Crippen LogP contribution in [0.5, 0.6) is 0 Å². The van der Waals surface area contributed by atoms with E-state index >= 15 is 0 Å². The van der Waals surface area contributed by atoms with Gasteiger partial charge >= 0.3 is 0 Å². The molecule has 0 atom stereocenters. The van der Waals surface area contributed by atoms with Crippen molar-refractivity contribution in [1.82, 2.24) is 19.3 Å². The second-order valence-corrected chi connectivity index (χ2v) is 7.13. The first-order valence-corrected chi connectivity index (χ1v) is 9.30. The highest BCUT2D eigenvalue weighted by molar-refractivity contribution is 5.79. The number of likely N-dealkylation sites (tertiary alicyclic amines) is 1. The Bertz CT molecular complexity index is 895. The summed E-state index contributed by atoms with van der Waals surface area (Å²) in [6.07, 6.45) is 9.33. The normalized spacial score (nSPS) is 15.5. The molecule has 0 aliphatic carbocycles. The van der Waals surface area contributed by atoms with Crippen LogP contribution in [0.4, 0.5) is 0 Å². The number of nitrogens with zero attached hydrogens (tertiary/aromatic N) is 4. The Hall–Kier alpha value is -2.69. The number of carbonyl (C=O) groups excluding carboxylic acids is 1. The van der Waals surface area contributed by atoms with Crippen LogP contribution in [0.1, 0.15) is 29.8 Å². The van der Waals surface area contributed by atoms with Crippen molar-refractivity contribution in [2.24, 2.45) is 5.92 Å². The number of amides is 1. The van der Waals surface area contributed by atoms with E-state index < -0.39 is 0 Å². The van der Waals surface area contributed by atoms with Gasteiger partial charge in [-0.1, -0.05) is 6.07 Å². The van der Waals surface area contributed by atoms with Crippen molar-refractivity contribution >= 4 is 11.6 Å². The summed E-state index contributed by atoms with van der Waals surface area (Å²) in [5.74, 6) is 0.861. The molecule has 1 aliphatic heterocycles. The number of pyridine rings is 2. The standard InChI is InChI=1S/C21H24N4O/c1-16-19(25-11-3-2-4-20(25)23-16)15-21(26)24-12-7-18(8-13-24)14-17-5-9-22-10-6-17/h2-6,9-11,18H,7-8,12-15H2,1H3. The number of rotatable bonds is 4. The lowest BCUT2D eigenvalue weighted by Crippen LogP contribution is -2.40. The van der Waals surface area contributed by atoms with Crippen LogP contribution in [0.15, 0.2) is 48.9 Å². The molecule has 0 radical (unpaired) electrons. The molecule has 0 aromatic carbocycles. The predicted molar refractivity (Wildman–Crippen MR) is 101 cm³/mol. The maximum atomic E-state index is 12.8. The molecular formula is C21H24N4O. The van der Waals surface area contributed by atoms with Crippen molar-refractivity contribution in [2.45, 2.75) is 32.6 Å². The minimum absolute atomic E-state index is 0.209. The average molecular weight is 348 g/mol. The van der Waals surface area contributed by atoms with Crippen molar-refractivity contribution in [2.75, 3.05) is 13.1 Å². The Labute approximate surface area is 153 Å². The van der Waals surface area contributed by atoms with Gasteiger partial charge in [0.25, 0.3) is 0 Å². The van der Waals surface area contributed by atoms with Gasteiger partial charge in [0.1, 0.15) is 5.65 Å². The first-order valence-electron chi connectivity index (χ1n) is 9.30. The Morgan fingerprint density at radius 3 is 2.69 bits per heavy atom. The van der Waals surface area contributed by atoms with Crippen molar-refractivity contribution in [3.8, 4) is 0 Å². The lowest BCUT2D eigenvalue weighted by atomic mass is 9.90. The smallest absolute Gasteiger partial charge is 0.228 e. The maximum Gasteiger partial charge on any atom is 0.228 e. The van der Waals surface area contributed by atoms with E-state index in [0.29, 0.717) is 12.3 Å². The van der Waals surface area contributed by atoms with E-state index in [1.54, 1.807) is 0 Å². The van der Waals surface area contributed by atoms with E-state index in [2.05, 4.69) is 22.1 Å². The molecule has 1 aliphatic rings. The molecule has 1 fully saturated rings. The van der Waals surface area contributed by atoms with Crippen LogP contribution in [0.3, 0.4) is 0 Å². The number of carbonyl (C=O) groups is 1. The molecule has 134 valence electrons. The van der Waals surface area contributed by atoms with Gasteiger partial charge in [-0.3, -0.25) is 9.78 Å². The van der Waals surface area contributed by atoms with Gasteiger partial charge in [-0.25, -0.2) is 4.98 Å². The van der Waals surface area contributed by atoms with Crippen molar-refractivity contribution in [3.63, 3.8) is 0 Å². The van der Waals surface area contributed by atoms with Crippen LogP contribution in [-0.4, -0.2) is 38.3 Å². The first-order chi connectivity index (χ1) is 12.7. The number of hydrogen-bond acceptors (Lipinski definition) is 3. The molecule has 26 heavy (non-hydrogen) atoms. The Morgan fingerprint density at radius 2 is 1.92 bits per heavy atom. The fourth-order valence-electron chi connectivity index (χ4n) is 3.87. The summed E-state index contributed by atoms with van der Waals surface area (Å²) in [6, 6.07) is 10.1. The number of hydrogen-bond donors (Lipinski definition) is 0. The summed E-state index contributed by atoms with van der Waals surface area (Å²) in [6.45, 7) is 3.69. The molecule has 5 nitrogen and oxygen atoms in total. The Kier molecular flexibility index (Phi) is 4.69. The molecule has 1 saturated heterocycles. The van der Waals surface area contributed by atoms with Crippen LogP contribution in [0.25, 0.3) is 5.65 Å². The van der Waals surface area contributed by atoms with Crippen LogP contribution >= 0.6 is 0 Å². The van der Waals surface area contributed by atoms with Gasteiger partial charge in [0.2, 0.25) is 5.91 Å². The Balaban J connectivity index is 1.37. The minimum Gasteiger partial charge on any atom is -0.342 e. The van der Waals surface area contributed by atoms with E-state index in [1.165, 1.54) is 5.56 Å². The number of fused-ring (bicyclic) bond motifs is 1. The van der Waals surface area contributed by atoms with Crippen LogP contribution < -0.4 is 0 Å². The molecule has 0 unspecified atom stereocenters. The van der Waals surface area contributed by atoms with Crippen LogP contribution in [0.2, 0.25) is 0 Å². The third-order valence-corrected chi connectivity index (χ3v) is 5.39. The molecule has 1 amide bonds. The predicted octanol–water partition coefficient (Wildman–Crippen LogP) is 3.06. The van der Waals surface area contributed by atoms with E-state index in [4.69, 9.17) is 0 Å². The van der Waals surface area contributed by atoms with Gasteiger partial charge in [-0.05, 0) is 61.9 Å². The third-order valence-electron chi connectivity index (χ3n) is 5.39. The van der Waals surface area contributed by atoms with Gasteiger partial charge in [0.15, 0.2) is 0 Å². The molecule has 4 rings (SSSR count). The number of aryl methyl sites for hydroxylation is 1. The van der Waals surface area contributed by atoms with E-state index in [9.17, 15) is 4.79 Å². The SMILES string of the molecule is Cc1nc2ccccn2c1CC(=O)N1CCC(Cc2ccncc2)CC1. The molecule has 0 N–H and O–H groups in total. The molecular weight excluding hydrogens is 324 g/mol. The molecule has 3 aromatic rings. The van der Waals surface area contributed by atoms with Crippen LogP contribution in [-0.2, 0) is 17.6 Å². The summed E-state index contributed by atoms with van der Waals surface area (Å²) >= 11 is 0. The lowest BCUT2D eigenvalue weighted by Gasteiger charge is -2.32. The second-order valence-electron chi connectivity index (χ2n) is 7.13. The summed E-state index contributed by atoms with van der Waals surface area (Å²) < 4.78 is 2.03. The minimum atomic E-state index is 0.209. The van der Waals surface area contributed by atoms with Gasteiger partial charge in [0, 0.05) is 31.7 Å². The number of piperidine rings is 1. The topological polar surface area (TPSA) is 50.5 Å². The summed E-state index contributed by atoms with van der Waals surface area (Å²) in [4.78, 5) is 23.5. The van der Waals surface area contributed by atoms with Gasteiger partial charge < -0.3 is 9.30 Å². The van der Waals surface area contributed by atoms with E-state index in [0.717, 1.165) is 49.4 Å². The highest BCUT2D eigenvalue weighted by Gasteiger charge is 2.24. The fourth-order valence-corrected chi connectivity index (χ4v) is 3.87. The molecule has 4 heterocycles. The fraction of sp³-hybridized carbons (Fsp3) is 0.381. The van der Waals surface area contributed by atoms with Crippen molar-refractivity contribution < 1.29 is 4.79 Å². The largest absolute Gasteiger partial charge is 0.342 e. The Morgan fingerprint density at radius 1 is 1.15 bits per heavy atom. The quantitative estimate of drug-likeness (QED) is 0.728. The van der Waals surface area contributed by atoms with Gasteiger partial charge in [0.05, 0.1) is 17.8 Å². The maximum absolute atomic E-state index is 12.8. The summed E-state index contributed by atoms with van der Waals surface area (Å²) in [7, 11) is 0. The monoisotopic (exact) mass is 348 g/mol. The zero-order valence-corrected chi connectivity index (χ0v) is 15.1. The molecule has 0 saturated carbocycles. The van der Waals surface area contributed by atoms with Crippen molar-refractivity contribution in [3.05, 3.63) is 65.9 Å². The van der Waals surface area contributed by atoms with Crippen LogP contribution in [0, 0.1) is 12.8 Å². The molecule has 3 aromatic heterocycles.